The summed E-state index contributed by atoms with van der Waals surface area (Å²) in [6, 6.07) is 16.5. The predicted octanol–water partition coefficient (Wildman–Crippen LogP) is 7.50. The molecule has 0 spiro atoms. The molecule has 0 bridgehead atoms. The van der Waals surface area contributed by atoms with Crippen LogP contribution in [0.4, 0.5) is 10.1 Å². The Labute approximate surface area is 241 Å². The second-order valence-corrected chi connectivity index (χ2v) is 10.8. The number of nitrogens with one attached hydrogen (secondary N) is 3. The molecule has 210 valence electrons. The summed E-state index contributed by atoms with van der Waals surface area (Å²) in [5.41, 5.74) is 7.03. The molecule has 1 aliphatic carbocycles. The molecular formula is C33H29FN6O2. The van der Waals surface area contributed by atoms with Gasteiger partial charge < -0.3 is 15.0 Å². The first-order valence-corrected chi connectivity index (χ1v) is 14.1. The van der Waals surface area contributed by atoms with Crippen molar-refractivity contribution in [2.45, 2.75) is 32.1 Å². The van der Waals surface area contributed by atoms with Gasteiger partial charge in [-0.1, -0.05) is 31.4 Å². The van der Waals surface area contributed by atoms with Crippen LogP contribution in [0.2, 0.25) is 0 Å². The van der Waals surface area contributed by atoms with Crippen LogP contribution in [0, 0.1) is 11.7 Å². The molecule has 3 N–H and O–H groups in total. The molecule has 8 nitrogen and oxygen atoms in total. The summed E-state index contributed by atoms with van der Waals surface area (Å²) in [6.45, 7) is 0. The van der Waals surface area contributed by atoms with Crippen molar-refractivity contribution < 1.29 is 13.9 Å². The SMILES string of the molecule is COc1cc(F)cc(-c2cccc3[nH]c(-c4n[nH]c5cnc(-c6cncc(NC(=O)C7CCCCC7)c6)cc45)cc23)c1. The highest BCUT2D eigenvalue weighted by Gasteiger charge is 2.21. The van der Waals surface area contributed by atoms with Crippen molar-refractivity contribution >= 4 is 33.4 Å². The molecule has 1 saturated carbocycles. The Bertz CT molecular complexity index is 1940. The van der Waals surface area contributed by atoms with Crippen LogP contribution < -0.4 is 10.1 Å². The minimum absolute atomic E-state index is 0.0593. The summed E-state index contributed by atoms with van der Waals surface area (Å²) in [5, 5.41) is 12.6. The second-order valence-electron chi connectivity index (χ2n) is 10.8. The number of aromatic nitrogens is 5. The van der Waals surface area contributed by atoms with Crippen LogP contribution in [0.3, 0.4) is 0 Å². The number of nitrogens with zero attached hydrogens (tertiary/aromatic N) is 3. The topological polar surface area (TPSA) is 109 Å². The number of aromatic amines is 2. The van der Waals surface area contributed by atoms with E-state index in [4.69, 9.17) is 4.74 Å². The highest BCUT2D eigenvalue weighted by atomic mass is 19.1. The highest BCUT2D eigenvalue weighted by molar-refractivity contribution is 6.01. The van der Waals surface area contributed by atoms with Gasteiger partial charge in [0.1, 0.15) is 17.3 Å². The average molecular weight is 561 g/mol. The first-order valence-electron chi connectivity index (χ1n) is 14.1. The van der Waals surface area contributed by atoms with Crippen LogP contribution in [0.5, 0.6) is 5.75 Å². The maximum atomic E-state index is 14.3. The van der Waals surface area contributed by atoms with E-state index in [1.165, 1.54) is 25.7 Å². The van der Waals surface area contributed by atoms with Crippen molar-refractivity contribution in [2.24, 2.45) is 5.92 Å². The molecule has 2 aromatic carbocycles. The van der Waals surface area contributed by atoms with Gasteiger partial charge in [0.2, 0.25) is 5.91 Å². The Kier molecular flexibility index (Phi) is 6.62. The van der Waals surface area contributed by atoms with Crippen LogP contribution in [-0.4, -0.2) is 38.2 Å². The normalized spacial score (nSPS) is 14.0. The first kappa shape index (κ1) is 25.9. The summed E-state index contributed by atoms with van der Waals surface area (Å²) in [6.07, 6.45) is 10.4. The Morgan fingerprint density at radius 3 is 2.69 bits per heavy atom. The molecule has 42 heavy (non-hydrogen) atoms. The smallest absolute Gasteiger partial charge is 0.227 e. The summed E-state index contributed by atoms with van der Waals surface area (Å²) in [5.74, 6) is 0.222. The van der Waals surface area contributed by atoms with Gasteiger partial charge in [-0.3, -0.25) is 19.9 Å². The Morgan fingerprint density at radius 2 is 1.83 bits per heavy atom. The van der Waals surface area contributed by atoms with E-state index in [-0.39, 0.29) is 17.6 Å². The summed E-state index contributed by atoms with van der Waals surface area (Å²) in [7, 11) is 1.53. The molecule has 9 heteroatoms. The van der Waals surface area contributed by atoms with E-state index in [0.717, 1.165) is 81.3 Å². The van der Waals surface area contributed by atoms with Gasteiger partial charge in [-0.2, -0.15) is 5.10 Å². The zero-order chi connectivity index (χ0) is 28.6. The minimum Gasteiger partial charge on any atom is -0.497 e. The molecule has 0 aliphatic heterocycles. The number of halogens is 1. The molecule has 0 atom stereocenters. The van der Waals surface area contributed by atoms with Crippen molar-refractivity contribution in [3.63, 3.8) is 0 Å². The number of H-pyrrole nitrogens is 2. The van der Waals surface area contributed by atoms with E-state index in [0.29, 0.717) is 11.4 Å². The van der Waals surface area contributed by atoms with Gasteiger partial charge in [0.05, 0.1) is 42.1 Å². The maximum Gasteiger partial charge on any atom is 0.227 e. The number of amides is 1. The summed E-state index contributed by atoms with van der Waals surface area (Å²) < 4.78 is 19.6. The highest BCUT2D eigenvalue weighted by Crippen LogP contribution is 2.36. The number of ether oxygens (including phenoxy) is 1. The van der Waals surface area contributed by atoms with Crippen molar-refractivity contribution in [1.82, 2.24) is 25.1 Å². The third-order valence-electron chi connectivity index (χ3n) is 8.06. The Balaban J connectivity index is 1.23. The van der Waals surface area contributed by atoms with Gasteiger partial charge in [0.15, 0.2) is 0 Å². The molecule has 7 rings (SSSR count). The fourth-order valence-corrected chi connectivity index (χ4v) is 5.91. The lowest BCUT2D eigenvalue weighted by Crippen LogP contribution is -2.24. The second kappa shape index (κ2) is 10.7. The van der Waals surface area contributed by atoms with E-state index in [9.17, 15) is 9.18 Å². The van der Waals surface area contributed by atoms with Crippen molar-refractivity contribution in [1.29, 1.82) is 0 Å². The third-order valence-corrected chi connectivity index (χ3v) is 8.06. The molecular weight excluding hydrogens is 531 g/mol. The zero-order valence-electron chi connectivity index (χ0n) is 23.1. The summed E-state index contributed by atoms with van der Waals surface area (Å²) >= 11 is 0. The molecule has 1 aliphatic rings. The molecule has 1 fully saturated rings. The molecule has 4 heterocycles. The maximum absolute atomic E-state index is 14.3. The number of carbonyl (C=O) groups is 1. The van der Waals surface area contributed by atoms with Gasteiger partial charge in [-0.05, 0) is 60.4 Å². The molecule has 4 aromatic heterocycles. The van der Waals surface area contributed by atoms with Crippen molar-refractivity contribution in [2.75, 3.05) is 12.4 Å². The van der Waals surface area contributed by atoms with E-state index < -0.39 is 0 Å². The zero-order valence-corrected chi connectivity index (χ0v) is 23.1. The van der Waals surface area contributed by atoms with E-state index in [1.807, 2.05) is 42.5 Å². The van der Waals surface area contributed by atoms with Crippen LogP contribution in [0.1, 0.15) is 32.1 Å². The van der Waals surface area contributed by atoms with Crippen LogP contribution in [0.15, 0.2) is 73.2 Å². The fourth-order valence-electron chi connectivity index (χ4n) is 5.91. The van der Waals surface area contributed by atoms with Gasteiger partial charge in [0, 0.05) is 40.0 Å². The van der Waals surface area contributed by atoms with Gasteiger partial charge in [-0.15, -0.1) is 0 Å². The monoisotopic (exact) mass is 560 g/mol. The Morgan fingerprint density at radius 1 is 0.952 bits per heavy atom. The van der Waals surface area contributed by atoms with Crippen molar-refractivity contribution in [3.05, 3.63) is 79.0 Å². The number of hydrogen-bond acceptors (Lipinski definition) is 5. The number of carbonyl (C=O) groups excluding carboxylic acids is 1. The Hall–Kier alpha value is -5.05. The number of methoxy groups -OCH3 is 1. The lowest BCUT2D eigenvalue weighted by atomic mass is 9.88. The van der Waals surface area contributed by atoms with Crippen molar-refractivity contribution in [3.8, 4) is 39.5 Å². The van der Waals surface area contributed by atoms with Crippen LogP contribution in [0.25, 0.3) is 55.6 Å². The average Bonchev–Trinajstić information content (AvgIpc) is 3.65. The molecule has 1 amide bonds. The molecule has 0 unspecified atom stereocenters. The predicted molar refractivity (Wildman–Crippen MR) is 162 cm³/mol. The fraction of sp³-hybridized carbons (Fsp3) is 0.212. The van der Waals surface area contributed by atoms with E-state index in [1.54, 1.807) is 18.6 Å². The standard InChI is InChI=1S/C33H29FN6O2/c1-42-24-12-20(10-22(34)13-24)25-8-5-9-28-26(25)14-30(38-28)32-27-15-29(36-18-31(27)39-40-32)21-11-23(17-35-16-21)37-33(41)19-6-3-2-4-7-19/h5,8-19,38H,2-4,6-7H2,1H3,(H,37,41)(H,39,40). The molecule has 0 saturated heterocycles. The quantitative estimate of drug-likeness (QED) is 0.195. The van der Waals surface area contributed by atoms with Gasteiger partial charge in [-0.25, -0.2) is 4.39 Å². The third kappa shape index (κ3) is 4.87. The van der Waals surface area contributed by atoms with Gasteiger partial charge >= 0.3 is 0 Å². The minimum atomic E-state index is -0.359. The number of benzene rings is 2. The number of hydrogen-bond donors (Lipinski definition) is 3. The van der Waals surface area contributed by atoms with E-state index >= 15 is 0 Å². The lowest BCUT2D eigenvalue weighted by Gasteiger charge is -2.20. The number of pyridine rings is 2. The number of fused-ring (bicyclic) bond motifs is 2. The van der Waals surface area contributed by atoms with Crippen LogP contribution in [-0.2, 0) is 4.79 Å². The number of rotatable bonds is 6. The number of anilines is 1. The largest absolute Gasteiger partial charge is 0.497 e. The van der Waals surface area contributed by atoms with E-state index in [2.05, 4.69) is 30.5 Å². The lowest BCUT2D eigenvalue weighted by molar-refractivity contribution is -0.120. The van der Waals surface area contributed by atoms with Gasteiger partial charge in [0.25, 0.3) is 0 Å². The molecule has 0 radical (unpaired) electrons. The molecule has 6 aromatic rings. The first-order chi connectivity index (χ1) is 20.6. The summed E-state index contributed by atoms with van der Waals surface area (Å²) in [4.78, 5) is 25.3. The van der Waals surface area contributed by atoms with Crippen LogP contribution >= 0.6 is 0 Å².